The maximum absolute atomic E-state index is 3.34. The molecule has 206 valence electrons. The molecule has 3 aromatic carbocycles. The summed E-state index contributed by atoms with van der Waals surface area (Å²) in [5, 5.41) is 0.00795. The van der Waals surface area contributed by atoms with Crippen molar-refractivity contribution in [3.8, 4) is 22.3 Å². The van der Waals surface area contributed by atoms with Crippen LogP contribution >= 0.6 is 17.2 Å². The van der Waals surface area contributed by atoms with E-state index in [1.54, 1.807) is 0 Å². The first-order valence-electron chi connectivity index (χ1n) is 14.1. The van der Waals surface area contributed by atoms with Gasteiger partial charge in [0, 0.05) is 24.8 Å². The van der Waals surface area contributed by atoms with Gasteiger partial charge in [0.15, 0.2) is 0 Å². The van der Waals surface area contributed by atoms with Crippen molar-refractivity contribution < 1.29 is 0 Å². The van der Waals surface area contributed by atoms with Gasteiger partial charge in [-0.05, 0) is 85.2 Å². The summed E-state index contributed by atoms with van der Waals surface area (Å²) in [6.07, 6.45) is 9.42. The fourth-order valence-corrected chi connectivity index (χ4v) is 10.3. The Labute approximate surface area is 244 Å². The lowest BCUT2D eigenvalue weighted by molar-refractivity contribution is 0.702. The molecular weight excluding hydrogens is 522 g/mol. The van der Waals surface area contributed by atoms with E-state index in [0.717, 1.165) is 6.16 Å². The van der Waals surface area contributed by atoms with Crippen LogP contribution in [0.5, 0.6) is 0 Å². The average molecular weight is 565 g/mol. The van der Waals surface area contributed by atoms with Gasteiger partial charge in [-0.25, -0.2) is 0 Å². The third-order valence-corrected chi connectivity index (χ3v) is 12.8. The van der Waals surface area contributed by atoms with E-state index < -0.39 is 5.16 Å². The van der Waals surface area contributed by atoms with Crippen LogP contribution < -0.4 is 0 Å². The van der Waals surface area contributed by atoms with Gasteiger partial charge in [0.2, 0.25) is 0 Å². The lowest BCUT2D eigenvalue weighted by atomic mass is 9.80. The minimum Gasteiger partial charge on any atom is -0.367 e. The summed E-state index contributed by atoms with van der Waals surface area (Å²) in [5.41, 5.74) is 10.3. The van der Waals surface area contributed by atoms with Crippen molar-refractivity contribution in [3.05, 3.63) is 132 Å². The zero-order valence-corrected chi connectivity index (χ0v) is 26.7. The summed E-state index contributed by atoms with van der Waals surface area (Å²) in [4.78, 5) is 6.68. The number of H-pyrrole nitrogens is 2. The Morgan fingerprint density at radius 1 is 0.625 bits per heavy atom. The van der Waals surface area contributed by atoms with E-state index >= 15 is 0 Å². The highest BCUT2D eigenvalue weighted by molar-refractivity contribution is 7.60. The largest absolute Gasteiger partial charge is 0.367 e. The quantitative estimate of drug-likeness (QED) is 0.184. The van der Waals surface area contributed by atoms with Crippen LogP contribution in [0, 0.1) is 0 Å². The van der Waals surface area contributed by atoms with E-state index in [1.807, 2.05) is 12.4 Å². The maximum atomic E-state index is 3.34. The minimum absolute atomic E-state index is 0.210. The van der Waals surface area contributed by atoms with Crippen molar-refractivity contribution in [2.24, 2.45) is 0 Å². The van der Waals surface area contributed by atoms with Gasteiger partial charge in [-0.2, -0.15) is 0 Å². The number of rotatable bonds is 7. The summed E-state index contributed by atoms with van der Waals surface area (Å²) >= 11 is 0. The molecule has 0 radical (unpaired) electrons. The standard InChI is InChI=1S/C36H42N2P2/c1-34(2,3)40(35(4,5)6)25-28-21-31(26-13-9-7-10-14-26)32(27-15-11-8-12-16-27)22-33(28)36(39,29-17-19-37-23-29)30-18-20-38-24-30/h7-24,37-38H,25,39H2,1-6H3. The third kappa shape index (κ3) is 5.63. The molecule has 1 unspecified atom stereocenters. The highest BCUT2D eigenvalue weighted by Crippen LogP contribution is 2.62. The van der Waals surface area contributed by atoms with Gasteiger partial charge in [0.05, 0.1) is 5.16 Å². The molecule has 0 amide bonds. The van der Waals surface area contributed by atoms with Crippen molar-refractivity contribution >= 4 is 17.2 Å². The average Bonchev–Trinajstić information content (AvgIpc) is 3.66. The molecule has 0 spiro atoms. The fraction of sp³-hybridized carbons (Fsp3) is 0.278. The van der Waals surface area contributed by atoms with Crippen LogP contribution in [0.3, 0.4) is 0 Å². The summed E-state index contributed by atoms with van der Waals surface area (Å²) in [6.45, 7) is 14.5. The number of hydrogen-bond acceptors (Lipinski definition) is 0. The highest BCUT2D eigenvalue weighted by Gasteiger charge is 2.39. The monoisotopic (exact) mass is 564 g/mol. The second-order valence-electron chi connectivity index (χ2n) is 12.7. The second-order valence-corrected chi connectivity index (χ2v) is 17.4. The molecule has 40 heavy (non-hydrogen) atoms. The third-order valence-electron chi connectivity index (χ3n) is 7.89. The predicted octanol–water partition coefficient (Wildman–Crippen LogP) is 10.4. The smallest absolute Gasteiger partial charge is 0.0623 e. The summed E-state index contributed by atoms with van der Waals surface area (Å²) in [5.74, 6) is 0. The van der Waals surface area contributed by atoms with E-state index in [0.29, 0.717) is 0 Å². The Balaban J connectivity index is 1.87. The highest BCUT2D eigenvalue weighted by atomic mass is 31.1. The molecule has 2 heterocycles. The van der Waals surface area contributed by atoms with Gasteiger partial charge in [0.1, 0.15) is 0 Å². The molecule has 5 aromatic rings. The maximum Gasteiger partial charge on any atom is 0.0623 e. The van der Waals surface area contributed by atoms with E-state index in [4.69, 9.17) is 0 Å². The molecule has 5 rings (SSSR count). The first-order chi connectivity index (χ1) is 19.0. The van der Waals surface area contributed by atoms with Gasteiger partial charge in [0.25, 0.3) is 0 Å². The number of hydrogen-bond donors (Lipinski definition) is 2. The van der Waals surface area contributed by atoms with Gasteiger partial charge in [-0.3, -0.25) is 0 Å². The van der Waals surface area contributed by atoms with Gasteiger partial charge in [-0.1, -0.05) is 110 Å². The van der Waals surface area contributed by atoms with Crippen molar-refractivity contribution in [2.75, 3.05) is 0 Å². The Morgan fingerprint density at radius 2 is 1.07 bits per heavy atom. The van der Waals surface area contributed by atoms with Crippen molar-refractivity contribution in [3.63, 3.8) is 0 Å². The molecule has 0 saturated carbocycles. The molecule has 0 aliphatic heterocycles. The molecule has 0 aliphatic carbocycles. The Kier molecular flexibility index (Phi) is 7.98. The van der Waals surface area contributed by atoms with E-state index in [9.17, 15) is 0 Å². The molecule has 2 N–H and O–H groups in total. The molecule has 2 aromatic heterocycles. The van der Waals surface area contributed by atoms with Gasteiger partial charge in [-0.15, -0.1) is 9.24 Å². The van der Waals surface area contributed by atoms with E-state index in [2.05, 4.69) is 158 Å². The zero-order chi connectivity index (χ0) is 28.5. The Hall–Kier alpha value is -2.92. The van der Waals surface area contributed by atoms with Gasteiger partial charge < -0.3 is 9.97 Å². The SMILES string of the molecule is CC(C)(C)P(Cc1cc(-c2ccccc2)c(-c2ccccc2)cc1C(P)(c1cc[nH]c1)c1cc[nH]c1)C(C)(C)C. The summed E-state index contributed by atoms with van der Waals surface area (Å²) in [7, 11) is 2.90. The second kappa shape index (κ2) is 11.2. The van der Waals surface area contributed by atoms with E-state index in [1.165, 1.54) is 44.5 Å². The lowest BCUT2D eigenvalue weighted by Crippen LogP contribution is -2.28. The molecule has 1 atom stereocenters. The van der Waals surface area contributed by atoms with Crippen molar-refractivity contribution in [2.45, 2.75) is 63.2 Å². The predicted molar refractivity (Wildman–Crippen MR) is 179 cm³/mol. The summed E-state index contributed by atoms with van der Waals surface area (Å²) in [6, 6.07) is 31.2. The lowest BCUT2D eigenvalue weighted by Gasteiger charge is -2.43. The summed E-state index contributed by atoms with van der Waals surface area (Å²) < 4.78 is 0. The van der Waals surface area contributed by atoms with Gasteiger partial charge >= 0.3 is 0 Å². The molecule has 0 aliphatic rings. The fourth-order valence-electron chi connectivity index (χ4n) is 6.12. The Bertz CT molecular complexity index is 1470. The van der Waals surface area contributed by atoms with Crippen LogP contribution in [0.15, 0.2) is 110 Å². The van der Waals surface area contributed by atoms with Crippen LogP contribution in [-0.4, -0.2) is 20.3 Å². The molecular formula is C36H42N2P2. The van der Waals surface area contributed by atoms with Crippen LogP contribution in [0.4, 0.5) is 0 Å². The van der Waals surface area contributed by atoms with Crippen LogP contribution in [0.2, 0.25) is 0 Å². The first kappa shape index (κ1) is 28.6. The van der Waals surface area contributed by atoms with Crippen molar-refractivity contribution in [1.29, 1.82) is 0 Å². The van der Waals surface area contributed by atoms with E-state index in [-0.39, 0.29) is 18.2 Å². The molecule has 4 heteroatoms. The molecule has 0 saturated heterocycles. The minimum atomic E-state index is -0.412. The normalized spacial score (nSPS) is 12.7. The number of nitrogens with one attached hydrogen (secondary N) is 2. The Morgan fingerprint density at radius 3 is 1.48 bits per heavy atom. The van der Waals surface area contributed by atoms with Crippen LogP contribution in [0.1, 0.15) is 63.8 Å². The molecule has 0 fully saturated rings. The van der Waals surface area contributed by atoms with Crippen molar-refractivity contribution in [1.82, 2.24) is 9.97 Å². The number of aromatic amines is 2. The molecule has 2 nitrogen and oxygen atoms in total. The topological polar surface area (TPSA) is 31.6 Å². The molecule has 0 bridgehead atoms. The van der Waals surface area contributed by atoms with Crippen LogP contribution in [0.25, 0.3) is 22.3 Å². The number of aromatic nitrogens is 2. The zero-order valence-electron chi connectivity index (χ0n) is 24.6. The number of benzene rings is 3. The first-order valence-corrected chi connectivity index (χ1v) is 16.2. The van der Waals surface area contributed by atoms with Crippen LogP contribution in [-0.2, 0) is 11.3 Å².